The van der Waals surface area contributed by atoms with Gasteiger partial charge in [-0.25, -0.2) is 9.97 Å². The van der Waals surface area contributed by atoms with Crippen LogP contribution in [0.25, 0.3) is 0 Å². The largest absolute Gasteiger partial charge is 0.349 e. The van der Waals surface area contributed by atoms with E-state index in [2.05, 4.69) is 25.2 Å². The molecule has 2 aromatic rings. The first-order valence-corrected chi connectivity index (χ1v) is 7.43. The lowest BCUT2D eigenvalue weighted by Gasteiger charge is -2.24. The Morgan fingerprint density at radius 1 is 1.40 bits per heavy atom. The molecule has 1 amide bonds. The predicted molar refractivity (Wildman–Crippen MR) is 76.8 cm³/mol. The average molecular weight is 289 g/mol. The number of rotatable bonds is 4. The average Bonchev–Trinajstić information content (AvgIpc) is 3.16. The second-order valence-electron chi connectivity index (χ2n) is 4.60. The van der Waals surface area contributed by atoms with Crippen LogP contribution >= 0.6 is 11.3 Å². The molecule has 3 heterocycles. The maximum absolute atomic E-state index is 11.9. The highest BCUT2D eigenvalue weighted by Gasteiger charge is 2.26. The van der Waals surface area contributed by atoms with Gasteiger partial charge in [0.2, 0.25) is 0 Å². The zero-order chi connectivity index (χ0) is 13.8. The lowest BCUT2D eigenvalue weighted by Crippen LogP contribution is -2.40. The molecule has 0 spiro atoms. The molecule has 3 rings (SSSR count). The number of thiazole rings is 1. The minimum absolute atomic E-state index is 0.177. The number of anilines is 1. The van der Waals surface area contributed by atoms with Crippen molar-refractivity contribution < 1.29 is 4.79 Å². The maximum atomic E-state index is 11.9. The van der Waals surface area contributed by atoms with Gasteiger partial charge in [-0.2, -0.15) is 0 Å². The lowest BCUT2D eigenvalue weighted by molar-refractivity contribution is 0.0946. The Morgan fingerprint density at radius 3 is 3.10 bits per heavy atom. The number of amides is 1. The zero-order valence-corrected chi connectivity index (χ0v) is 11.7. The molecule has 104 valence electrons. The van der Waals surface area contributed by atoms with E-state index in [-0.39, 0.29) is 5.91 Å². The van der Waals surface area contributed by atoms with Crippen LogP contribution in [0, 0.1) is 0 Å². The molecule has 0 aliphatic carbocycles. The van der Waals surface area contributed by atoms with Gasteiger partial charge in [-0.05, 0) is 12.8 Å². The van der Waals surface area contributed by atoms with Crippen molar-refractivity contribution in [2.24, 2.45) is 0 Å². The Morgan fingerprint density at radius 2 is 2.35 bits per heavy atom. The monoisotopic (exact) mass is 289 g/mol. The Kier molecular flexibility index (Phi) is 3.87. The number of nitrogens with one attached hydrogen (secondary N) is 1. The molecule has 0 saturated carbocycles. The topological polar surface area (TPSA) is 71.0 Å². The standard InChI is InChI=1S/C13H15N5OS/c19-12(11-9-14-3-4-15-11)17-8-10-2-1-6-18(10)13-16-5-7-20-13/h3-5,7,9-10H,1-2,6,8H2,(H,17,19)/t10-/m0/s1. The molecule has 1 atom stereocenters. The molecule has 1 N–H and O–H groups in total. The summed E-state index contributed by atoms with van der Waals surface area (Å²) in [5.74, 6) is -0.177. The van der Waals surface area contributed by atoms with E-state index in [1.54, 1.807) is 17.5 Å². The van der Waals surface area contributed by atoms with Gasteiger partial charge in [0.05, 0.1) is 6.20 Å². The molecule has 6 nitrogen and oxygen atoms in total. The van der Waals surface area contributed by atoms with Gasteiger partial charge in [-0.1, -0.05) is 0 Å². The van der Waals surface area contributed by atoms with Gasteiger partial charge in [-0.3, -0.25) is 9.78 Å². The first-order chi connectivity index (χ1) is 9.84. The van der Waals surface area contributed by atoms with Crippen molar-refractivity contribution in [1.82, 2.24) is 20.3 Å². The van der Waals surface area contributed by atoms with Crippen LogP contribution in [0.15, 0.2) is 30.2 Å². The minimum Gasteiger partial charge on any atom is -0.349 e. The highest BCUT2D eigenvalue weighted by molar-refractivity contribution is 7.13. The fraction of sp³-hybridized carbons (Fsp3) is 0.385. The number of carbonyl (C=O) groups is 1. The maximum Gasteiger partial charge on any atom is 0.271 e. The van der Waals surface area contributed by atoms with Crippen LogP contribution in [0.2, 0.25) is 0 Å². The first kappa shape index (κ1) is 13.0. The van der Waals surface area contributed by atoms with Gasteiger partial charge in [0.25, 0.3) is 5.91 Å². The van der Waals surface area contributed by atoms with E-state index in [9.17, 15) is 4.79 Å². The first-order valence-electron chi connectivity index (χ1n) is 6.55. The number of aromatic nitrogens is 3. The Bertz CT molecular complexity index is 559. The summed E-state index contributed by atoms with van der Waals surface area (Å²) in [5.41, 5.74) is 0.353. The summed E-state index contributed by atoms with van der Waals surface area (Å²) in [7, 11) is 0. The second-order valence-corrected chi connectivity index (χ2v) is 5.48. The summed E-state index contributed by atoms with van der Waals surface area (Å²) < 4.78 is 0. The van der Waals surface area contributed by atoms with Gasteiger partial charge < -0.3 is 10.2 Å². The van der Waals surface area contributed by atoms with Crippen molar-refractivity contribution in [2.75, 3.05) is 18.0 Å². The van der Waals surface area contributed by atoms with Crippen molar-refractivity contribution >= 4 is 22.4 Å². The molecule has 20 heavy (non-hydrogen) atoms. The fourth-order valence-electron chi connectivity index (χ4n) is 2.37. The zero-order valence-electron chi connectivity index (χ0n) is 10.9. The van der Waals surface area contributed by atoms with Crippen molar-refractivity contribution in [3.8, 4) is 0 Å². The number of carbonyl (C=O) groups excluding carboxylic acids is 1. The molecular formula is C13H15N5OS. The molecule has 0 radical (unpaired) electrons. The number of nitrogens with zero attached hydrogens (tertiary/aromatic N) is 4. The third-order valence-electron chi connectivity index (χ3n) is 3.34. The van der Waals surface area contributed by atoms with Gasteiger partial charge in [0, 0.05) is 43.1 Å². The molecule has 0 aromatic carbocycles. The SMILES string of the molecule is O=C(NC[C@@H]1CCCN1c1nccs1)c1cnccn1. The van der Waals surface area contributed by atoms with E-state index < -0.39 is 0 Å². The Balaban J connectivity index is 1.59. The highest BCUT2D eigenvalue weighted by Crippen LogP contribution is 2.26. The summed E-state index contributed by atoms with van der Waals surface area (Å²) in [6.45, 7) is 1.61. The molecule has 1 aliphatic rings. The highest BCUT2D eigenvalue weighted by atomic mass is 32.1. The van der Waals surface area contributed by atoms with Crippen LogP contribution < -0.4 is 10.2 Å². The third kappa shape index (κ3) is 2.77. The summed E-state index contributed by atoms with van der Waals surface area (Å²) in [5, 5.41) is 5.93. The molecule has 1 fully saturated rings. The van der Waals surface area contributed by atoms with Crippen LogP contribution in [0.5, 0.6) is 0 Å². The van der Waals surface area contributed by atoms with Crippen molar-refractivity contribution in [3.05, 3.63) is 35.9 Å². The van der Waals surface area contributed by atoms with Gasteiger partial charge in [-0.15, -0.1) is 11.3 Å². The number of hydrogen-bond acceptors (Lipinski definition) is 6. The predicted octanol–water partition coefficient (Wildman–Crippen LogP) is 1.33. The minimum atomic E-state index is -0.177. The Labute approximate surface area is 120 Å². The number of hydrogen-bond donors (Lipinski definition) is 1. The smallest absolute Gasteiger partial charge is 0.271 e. The Hall–Kier alpha value is -2.02. The van der Waals surface area contributed by atoms with E-state index in [1.165, 1.54) is 12.4 Å². The van der Waals surface area contributed by atoms with Crippen LogP contribution in [-0.2, 0) is 0 Å². The van der Waals surface area contributed by atoms with E-state index in [1.807, 2.05) is 11.6 Å². The fourth-order valence-corrected chi connectivity index (χ4v) is 3.12. The van der Waals surface area contributed by atoms with Gasteiger partial charge >= 0.3 is 0 Å². The molecule has 2 aromatic heterocycles. The summed E-state index contributed by atoms with van der Waals surface area (Å²) >= 11 is 1.63. The lowest BCUT2D eigenvalue weighted by atomic mass is 10.2. The molecule has 1 saturated heterocycles. The third-order valence-corrected chi connectivity index (χ3v) is 4.14. The molecule has 0 bridgehead atoms. The van der Waals surface area contributed by atoms with Gasteiger partial charge in [0.1, 0.15) is 5.69 Å². The van der Waals surface area contributed by atoms with Crippen LogP contribution in [0.4, 0.5) is 5.13 Å². The summed E-state index contributed by atoms with van der Waals surface area (Å²) in [4.78, 5) is 26.5. The van der Waals surface area contributed by atoms with Crippen LogP contribution in [0.1, 0.15) is 23.3 Å². The molecular weight excluding hydrogens is 274 g/mol. The van der Waals surface area contributed by atoms with E-state index >= 15 is 0 Å². The summed E-state index contributed by atoms with van der Waals surface area (Å²) in [6, 6.07) is 0.307. The quantitative estimate of drug-likeness (QED) is 0.919. The van der Waals surface area contributed by atoms with E-state index in [0.29, 0.717) is 18.3 Å². The van der Waals surface area contributed by atoms with Gasteiger partial charge in [0.15, 0.2) is 5.13 Å². The van der Waals surface area contributed by atoms with E-state index in [0.717, 1.165) is 24.5 Å². The van der Waals surface area contributed by atoms with Crippen molar-refractivity contribution in [2.45, 2.75) is 18.9 Å². The van der Waals surface area contributed by atoms with Crippen LogP contribution in [0.3, 0.4) is 0 Å². The summed E-state index contributed by atoms with van der Waals surface area (Å²) in [6.07, 6.45) is 8.56. The molecule has 1 aliphatic heterocycles. The van der Waals surface area contributed by atoms with Crippen molar-refractivity contribution in [1.29, 1.82) is 0 Å². The van der Waals surface area contributed by atoms with Crippen molar-refractivity contribution in [3.63, 3.8) is 0 Å². The second kappa shape index (κ2) is 5.96. The molecule has 7 heteroatoms. The van der Waals surface area contributed by atoms with Crippen LogP contribution in [-0.4, -0.2) is 40.0 Å². The molecule has 0 unspecified atom stereocenters. The van der Waals surface area contributed by atoms with E-state index in [4.69, 9.17) is 0 Å². The normalized spacial score (nSPS) is 18.2.